The van der Waals surface area contributed by atoms with E-state index in [4.69, 9.17) is 4.74 Å². The van der Waals surface area contributed by atoms with Crippen LogP contribution in [0.15, 0.2) is 30.6 Å². The first-order chi connectivity index (χ1) is 11.2. The van der Waals surface area contributed by atoms with Crippen molar-refractivity contribution in [2.45, 2.75) is 19.8 Å². The van der Waals surface area contributed by atoms with Crippen LogP contribution in [-0.4, -0.2) is 36.1 Å². The van der Waals surface area contributed by atoms with Crippen LogP contribution >= 0.6 is 0 Å². The van der Waals surface area contributed by atoms with Gasteiger partial charge in [0.15, 0.2) is 0 Å². The predicted octanol–water partition coefficient (Wildman–Crippen LogP) is 2.65. The Morgan fingerprint density at radius 2 is 1.91 bits per heavy atom. The molecule has 3 rings (SSSR count). The lowest BCUT2D eigenvalue weighted by Crippen LogP contribution is -2.21. The maximum absolute atomic E-state index is 12.4. The van der Waals surface area contributed by atoms with Crippen molar-refractivity contribution in [3.63, 3.8) is 0 Å². The van der Waals surface area contributed by atoms with Crippen molar-refractivity contribution in [3.05, 3.63) is 41.7 Å². The Morgan fingerprint density at radius 3 is 2.57 bits per heavy atom. The lowest BCUT2D eigenvalue weighted by molar-refractivity contribution is 0.102. The molecule has 6 heteroatoms. The zero-order valence-electron chi connectivity index (χ0n) is 13.4. The van der Waals surface area contributed by atoms with E-state index in [0.717, 1.165) is 18.7 Å². The molecule has 1 saturated heterocycles. The maximum atomic E-state index is 12.4. The van der Waals surface area contributed by atoms with Crippen LogP contribution in [-0.2, 0) is 0 Å². The first-order valence-electron chi connectivity index (χ1n) is 7.70. The van der Waals surface area contributed by atoms with Crippen molar-refractivity contribution in [1.82, 2.24) is 9.97 Å². The molecule has 0 aliphatic carbocycles. The summed E-state index contributed by atoms with van der Waals surface area (Å²) in [5.41, 5.74) is 2.11. The molecule has 0 radical (unpaired) electrons. The van der Waals surface area contributed by atoms with E-state index in [1.54, 1.807) is 19.5 Å². The molecule has 1 fully saturated rings. The highest BCUT2D eigenvalue weighted by molar-refractivity contribution is 6.04. The van der Waals surface area contributed by atoms with Crippen molar-refractivity contribution in [3.8, 4) is 5.75 Å². The van der Waals surface area contributed by atoms with Crippen molar-refractivity contribution in [1.29, 1.82) is 0 Å². The second-order valence-corrected chi connectivity index (χ2v) is 5.62. The largest absolute Gasteiger partial charge is 0.495 e. The first-order valence-corrected chi connectivity index (χ1v) is 7.70. The Hall–Kier alpha value is -2.63. The number of anilines is 2. The smallest absolute Gasteiger partial charge is 0.258 e. The predicted molar refractivity (Wildman–Crippen MR) is 89.2 cm³/mol. The fraction of sp³-hybridized carbons (Fsp3) is 0.353. The van der Waals surface area contributed by atoms with Gasteiger partial charge in [0, 0.05) is 25.5 Å². The van der Waals surface area contributed by atoms with Gasteiger partial charge in [0.2, 0.25) is 5.95 Å². The molecule has 2 aromatic rings. The summed E-state index contributed by atoms with van der Waals surface area (Å²) in [6.07, 6.45) is 5.47. The zero-order valence-corrected chi connectivity index (χ0v) is 13.4. The first kappa shape index (κ1) is 15.3. The minimum atomic E-state index is -0.248. The maximum Gasteiger partial charge on any atom is 0.258 e. The number of aryl methyl sites for hydroxylation is 1. The van der Waals surface area contributed by atoms with Crippen LogP contribution in [0.25, 0.3) is 0 Å². The topological polar surface area (TPSA) is 67.3 Å². The van der Waals surface area contributed by atoms with Gasteiger partial charge >= 0.3 is 0 Å². The number of ether oxygens (including phenoxy) is 1. The van der Waals surface area contributed by atoms with Gasteiger partial charge in [-0.2, -0.15) is 0 Å². The van der Waals surface area contributed by atoms with Gasteiger partial charge in [-0.15, -0.1) is 0 Å². The van der Waals surface area contributed by atoms with E-state index in [1.807, 2.05) is 25.1 Å². The molecular formula is C17H20N4O2. The Morgan fingerprint density at radius 1 is 1.22 bits per heavy atom. The number of methoxy groups -OCH3 is 1. The number of amides is 1. The van der Waals surface area contributed by atoms with Crippen LogP contribution in [0.5, 0.6) is 5.75 Å². The van der Waals surface area contributed by atoms with E-state index in [2.05, 4.69) is 20.2 Å². The van der Waals surface area contributed by atoms with Crippen molar-refractivity contribution in [2.75, 3.05) is 30.4 Å². The van der Waals surface area contributed by atoms with Gasteiger partial charge in [0.25, 0.3) is 5.91 Å². The molecule has 1 aliphatic heterocycles. The number of hydrogen-bond donors (Lipinski definition) is 1. The number of hydrogen-bond acceptors (Lipinski definition) is 5. The van der Waals surface area contributed by atoms with Crippen LogP contribution in [0.1, 0.15) is 28.8 Å². The fourth-order valence-electron chi connectivity index (χ4n) is 2.63. The average Bonchev–Trinajstić information content (AvgIpc) is 3.10. The molecule has 6 nitrogen and oxygen atoms in total. The number of rotatable bonds is 4. The molecule has 1 aromatic carbocycles. The summed E-state index contributed by atoms with van der Waals surface area (Å²) in [6, 6.07) is 5.64. The number of aromatic nitrogens is 2. The van der Waals surface area contributed by atoms with Crippen LogP contribution in [0.2, 0.25) is 0 Å². The molecule has 1 N–H and O–H groups in total. The third kappa shape index (κ3) is 3.41. The van der Waals surface area contributed by atoms with Crippen molar-refractivity contribution in [2.24, 2.45) is 0 Å². The third-order valence-corrected chi connectivity index (χ3v) is 3.89. The van der Waals surface area contributed by atoms with E-state index in [0.29, 0.717) is 22.9 Å². The van der Waals surface area contributed by atoms with Gasteiger partial charge in [-0.1, -0.05) is 6.07 Å². The Kier molecular flexibility index (Phi) is 4.41. The van der Waals surface area contributed by atoms with E-state index < -0.39 is 0 Å². The summed E-state index contributed by atoms with van der Waals surface area (Å²) in [5.74, 6) is 1.06. The second-order valence-electron chi connectivity index (χ2n) is 5.62. The molecular weight excluding hydrogens is 292 g/mol. The minimum Gasteiger partial charge on any atom is -0.495 e. The van der Waals surface area contributed by atoms with Crippen LogP contribution in [0.3, 0.4) is 0 Å². The van der Waals surface area contributed by atoms with E-state index in [1.165, 1.54) is 12.8 Å². The third-order valence-electron chi connectivity index (χ3n) is 3.89. The highest BCUT2D eigenvalue weighted by Gasteiger charge is 2.16. The molecule has 2 heterocycles. The van der Waals surface area contributed by atoms with Crippen LogP contribution < -0.4 is 15.0 Å². The van der Waals surface area contributed by atoms with Crippen LogP contribution in [0.4, 0.5) is 11.6 Å². The monoisotopic (exact) mass is 312 g/mol. The Balaban J connectivity index is 1.74. The van der Waals surface area contributed by atoms with Gasteiger partial charge < -0.3 is 15.0 Å². The molecule has 0 atom stereocenters. The molecule has 23 heavy (non-hydrogen) atoms. The molecule has 0 bridgehead atoms. The van der Waals surface area contributed by atoms with Gasteiger partial charge in [-0.05, 0) is 37.5 Å². The standard InChI is InChI=1S/C17H20N4O2/c1-12-5-6-15(23-2)14(9-12)20-16(22)13-10-18-17(19-11-13)21-7-3-4-8-21/h5-6,9-11H,3-4,7-8H2,1-2H3,(H,20,22). The SMILES string of the molecule is COc1ccc(C)cc1NC(=O)c1cnc(N2CCCC2)nc1. The molecule has 1 aliphatic rings. The Labute approximate surface area is 135 Å². The van der Waals surface area contributed by atoms with Gasteiger partial charge in [-0.3, -0.25) is 4.79 Å². The lowest BCUT2D eigenvalue weighted by atomic mass is 10.2. The zero-order chi connectivity index (χ0) is 16.2. The highest BCUT2D eigenvalue weighted by Crippen LogP contribution is 2.25. The Bertz CT molecular complexity index is 694. The molecule has 0 unspecified atom stereocenters. The lowest BCUT2D eigenvalue weighted by Gasteiger charge is -2.15. The van der Waals surface area contributed by atoms with E-state index >= 15 is 0 Å². The average molecular weight is 312 g/mol. The molecule has 0 spiro atoms. The fourth-order valence-corrected chi connectivity index (χ4v) is 2.63. The quantitative estimate of drug-likeness (QED) is 0.940. The van der Waals surface area contributed by atoms with Gasteiger partial charge in [-0.25, -0.2) is 9.97 Å². The van der Waals surface area contributed by atoms with Gasteiger partial charge in [0.1, 0.15) is 5.75 Å². The molecule has 1 amide bonds. The molecule has 120 valence electrons. The van der Waals surface area contributed by atoms with Gasteiger partial charge in [0.05, 0.1) is 18.4 Å². The number of carbonyl (C=O) groups is 1. The molecule has 0 saturated carbocycles. The van der Waals surface area contributed by atoms with Crippen molar-refractivity contribution >= 4 is 17.5 Å². The molecule has 1 aromatic heterocycles. The highest BCUT2D eigenvalue weighted by atomic mass is 16.5. The normalized spacial score (nSPS) is 13.9. The number of benzene rings is 1. The summed E-state index contributed by atoms with van der Waals surface area (Å²) in [7, 11) is 1.58. The summed E-state index contributed by atoms with van der Waals surface area (Å²) in [6.45, 7) is 3.92. The summed E-state index contributed by atoms with van der Waals surface area (Å²) in [5, 5.41) is 2.85. The summed E-state index contributed by atoms with van der Waals surface area (Å²) in [4.78, 5) is 23.1. The summed E-state index contributed by atoms with van der Waals surface area (Å²) >= 11 is 0. The summed E-state index contributed by atoms with van der Waals surface area (Å²) < 4.78 is 5.27. The van der Waals surface area contributed by atoms with E-state index in [-0.39, 0.29) is 5.91 Å². The number of carbonyl (C=O) groups excluding carboxylic acids is 1. The van der Waals surface area contributed by atoms with Crippen LogP contribution in [0, 0.1) is 6.92 Å². The number of nitrogens with one attached hydrogen (secondary N) is 1. The number of nitrogens with zero attached hydrogens (tertiary/aromatic N) is 3. The van der Waals surface area contributed by atoms with E-state index in [9.17, 15) is 4.79 Å². The van der Waals surface area contributed by atoms with Crippen molar-refractivity contribution < 1.29 is 9.53 Å². The second kappa shape index (κ2) is 6.64. The minimum absolute atomic E-state index is 0.248.